The molecule has 1 heterocycles. The zero-order chi connectivity index (χ0) is 12.3. The number of hydrogen-bond donors (Lipinski definition) is 1. The number of rotatable bonds is 4. The van der Waals surface area contributed by atoms with Crippen molar-refractivity contribution in [2.24, 2.45) is 5.73 Å². The molecule has 90 valence electrons. The highest BCUT2D eigenvalue weighted by Gasteiger charge is 2.08. The van der Waals surface area contributed by atoms with Crippen LogP contribution in [0.1, 0.15) is 11.1 Å². The van der Waals surface area contributed by atoms with Crippen LogP contribution in [0.4, 0.5) is 5.69 Å². The molecule has 0 unspecified atom stereocenters. The molecule has 17 heavy (non-hydrogen) atoms. The lowest BCUT2D eigenvalue weighted by atomic mass is 10.1. The molecule has 2 nitrogen and oxygen atoms in total. The summed E-state index contributed by atoms with van der Waals surface area (Å²) in [6.07, 6.45) is 0. The van der Waals surface area contributed by atoms with Crippen LogP contribution in [0.25, 0.3) is 0 Å². The molecule has 0 amide bonds. The van der Waals surface area contributed by atoms with Crippen LogP contribution < -0.4 is 10.6 Å². The summed E-state index contributed by atoms with van der Waals surface area (Å²) in [5, 5.41) is 4.28. The van der Waals surface area contributed by atoms with Crippen LogP contribution in [0.5, 0.6) is 0 Å². The van der Waals surface area contributed by atoms with Crippen molar-refractivity contribution in [2.45, 2.75) is 13.1 Å². The Balaban J connectivity index is 2.23. The lowest BCUT2D eigenvalue weighted by Gasteiger charge is -2.22. The minimum absolute atomic E-state index is 0.566. The summed E-state index contributed by atoms with van der Waals surface area (Å²) in [4.78, 5) is 2.23. The molecule has 0 bridgehead atoms. The fraction of sp³-hybridized carbons (Fsp3) is 0.231. The van der Waals surface area contributed by atoms with E-state index in [9.17, 15) is 0 Å². The monoisotopic (exact) mass is 310 g/mol. The minimum atomic E-state index is 0.566. The van der Waals surface area contributed by atoms with E-state index in [1.165, 1.54) is 16.8 Å². The average Bonchev–Trinajstić information content (AvgIpc) is 2.81. The fourth-order valence-electron chi connectivity index (χ4n) is 1.81. The molecule has 0 saturated heterocycles. The largest absolute Gasteiger partial charge is 0.370 e. The summed E-state index contributed by atoms with van der Waals surface area (Å²) in [7, 11) is 2.10. The number of nitrogens with zero attached hydrogens (tertiary/aromatic N) is 1. The summed E-state index contributed by atoms with van der Waals surface area (Å²) < 4.78 is 1.09. The van der Waals surface area contributed by atoms with Gasteiger partial charge in [-0.25, -0.2) is 0 Å². The third-order valence-corrected chi connectivity index (χ3v) is 3.90. The molecule has 0 radical (unpaired) electrons. The highest BCUT2D eigenvalue weighted by Crippen LogP contribution is 2.25. The predicted octanol–water partition coefficient (Wildman–Crippen LogP) is 3.61. The number of benzene rings is 1. The van der Waals surface area contributed by atoms with Gasteiger partial charge < -0.3 is 10.6 Å². The van der Waals surface area contributed by atoms with E-state index < -0.39 is 0 Å². The van der Waals surface area contributed by atoms with E-state index >= 15 is 0 Å². The van der Waals surface area contributed by atoms with Crippen molar-refractivity contribution in [3.05, 3.63) is 50.6 Å². The smallest absolute Gasteiger partial charge is 0.0434 e. The molecule has 2 rings (SSSR count). The van der Waals surface area contributed by atoms with Crippen LogP contribution in [-0.4, -0.2) is 7.05 Å². The first-order valence-electron chi connectivity index (χ1n) is 5.41. The van der Waals surface area contributed by atoms with Crippen LogP contribution in [0.3, 0.4) is 0 Å². The van der Waals surface area contributed by atoms with E-state index in [1.807, 2.05) is 6.07 Å². The van der Waals surface area contributed by atoms with Crippen LogP contribution in [-0.2, 0) is 13.1 Å². The first-order valence-corrected chi connectivity index (χ1v) is 7.15. The van der Waals surface area contributed by atoms with Gasteiger partial charge >= 0.3 is 0 Å². The molecule has 2 aromatic rings. The van der Waals surface area contributed by atoms with Crippen molar-refractivity contribution in [1.29, 1.82) is 0 Å². The number of halogens is 1. The maximum absolute atomic E-state index is 5.77. The SMILES string of the molecule is CN(Cc1ccsc1)c1cc(Br)ccc1CN. The Morgan fingerprint density at radius 1 is 1.35 bits per heavy atom. The van der Waals surface area contributed by atoms with Crippen molar-refractivity contribution in [2.75, 3.05) is 11.9 Å². The van der Waals surface area contributed by atoms with Gasteiger partial charge in [0.15, 0.2) is 0 Å². The van der Waals surface area contributed by atoms with Gasteiger partial charge in [0.2, 0.25) is 0 Å². The van der Waals surface area contributed by atoms with Crippen molar-refractivity contribution in [3.8, 4) is 0 Å². The summed E-state index contributed by atoms with van der Waals surface area (Å²) in [6.45, 7) is 1.48. The third-order valence-electron chi connectivity index (χ3n) is 2.68. The molecule has 0 aliphatic carbocycles. The van der Waals surface area contributed by atoms with Gasteiger partial charge in [0.1, 0.15) is 0 Å². The van der Waals surface area contributed by atoms with Crippen molar-refractivity contribution in [3.63, 3.8) is 0 Å². The van der Waals surface area contributed by atoms with Crippen molar-refractivity contribution >= 4 is 33.0 Å². The van der Waals surface area contributed by atoms with Crippen LogP contribution in [0.2, 0.25) is 0 Å². The van der Waals surface area contributed by atoms with Gasteiger partial charge in [-0.1, -0.05) is 22.0 Å². The van der Waals surface area contributed by atoms with E-state index in [1.54, 1.807) is 11.3 Å². The van der Waals surface area contributed by atoms with Crippen LogP contribution in [0, 0.1) is 0 Å². The molecule has 0 atom stereocenters. The Morgan fingerprint density at radius 3 is 2.82 bits per heavy atom. The number of anilines is 1. The van der Waals surface area contributed by atoms with Gasteiger partial charge in [-0.2, -0.15) is 11.3 Å². The molecule has 0 aliphatic rings. The molecule has 0 spiro atoms. The van der Waals surface area contributed by atoms with E-state index in [-0.39, 0.29) is 0 Å². The van der Waals surface area contributed by atoms with Crippen LogP contribution >= 0.6 is 27.3 Å². The minimum Gasteiger partial charge on any atom is -0.370 e. The molecule has 1 aromatic carbocycles. The summed E-state index contributed by atoms with van der Waals surface area (Å²) in [5.41, 5.74) is 9.47. The maximum atomic E-state index is 5.77. The summed E-state index contributed by atoms with van der Waals surface area (Å²) in [6, 6.07) is 8.38. The fourth-order valence-corrected chi connectivity index (χ4v) is 2.82. The third kappa shape index (κ3) is 3.09. The number of nitrogens with two attached hydrogens (primary N) is 1. The molecule has 0 saturated carbocycles. The highest BCUT2D eigenvalue weighted by molar-refractivity contribution is 9.10. The Labute approximate surface area is 114 Å². The van der Waals surface area contributed by atoms with Gasteiger partial charge in [-0.15, -0.1) is 0 Å². The summed E-state index contributed by atoms with van der Waals surface area (Å²) in [5.74, 6) is 0. The van der Waals surface area contributed by atoms with E-state index in [0.29, 0.717) is 6.54 Å². The Kier molecular flexibility index (Phi) is 4.20. The summed E-state index contributed by atoms with van der Waals surface area (Å²) >= 11 is 5.24. The van der Waals surface area contributed by atoms with Crippen molar-refractivity contribution in [1.82, 2.24) is 0 Å². The van der Waals surface area contributed by atoms with Gasteiger partial charge in [0.25, 0.3) is 0 Å². The topological polar surface area (TPSA) is 29.3 Å². The normalized spacial score (nSPS) is 10.5. The zero-order valence-electron chi connectivity index (χ0n) is 9.69. The number of thiophene rings is 1. The predicted molar refractivity (Wildman–Crippen MR) is 78.5 cm³/mol. The van der Waals surface area contributed by atoms with E-state index in [0.717, 1.165) is 11.0 Å². The zero-order valence-corrected chi connectivity index (χ0v) is 12.1. The molecule has 0 fully saturated rings. The van der Waals surface area contributed by atoms with Gasteiger partial charge in [0.05, 0.1) is 0 Å². The Bertz CT molecular complexity index is 482. The average molecular weight is 311 g/mol. The Hall–Kier alpha value is -0.840. The molecular weight excluding hydrogens is 296 g/mol. The molecular formula is C13H15BrN2S. The molecule has 0 aliphatic heterocycles. The van der Waals surface area contributed by atoms with Crippen LogP contribution in [0.15, 0.2) is 39.5 Å². The second-order valence-corrected chi connectivity index (χ2v) is 5.66. The quantitative estimate of drug-likeness (QED) is 0.935. The lowest BCUT2D eigenvalue weighted by Crippen LogP contribution is -2.18. The van der Waals surface area contributed by atoms with E-state index in [4.69, 9.17) is 5.73 Å². The Morgan fingerprint density at radius 2 is 2.18 bits per heavy atom. The molecule has 1 aromatic heterocycles. The second-order valence-electron chi connectivity index (χ2n) is 3.96. The number of hydrogen-bond acceptors (Lipinski definition) is 3. The highest BCUT2D eigenvalue weighted by atomic mass is 79.9. The van der Waals surface area contributed by atoms with Crippen molar-refractivity contribution < 1.29 is 0 Å². The molecule has 2 N–H and O–H groups in total. The first kappa shape index (κ1) is 12.6. The van der Waals surface area contributed by atoms with Gasteiger partial charge in [-0.3, -0.25) is 0 Å². The van der Waals surface area contributed by atoms with Gasteiger partial charge in [-0.05, 0) is 40.1 Å². The maximum Gasteiger partial charge on any atom is 0.0434 e. The second kappa shape index (κ2) is 5.67. The standard InChI is InChI=1S/C13H15BrN2S/c1-16(8-10-4-5-17-9-10)13-6-12(14)3-2-11(13)7-15/h2-6,9H,7-8,15H2,1H3. The lowest BCUT2D eigenvalue weighted by molar-refractivity contribution is 0.907. The van der Waals surface area contributed by atoms with Gasteiger partial charge in [0, 0.05) is 30.3 Å². The first-order chi connectivity index (χ1) is 8.20. The molecule has 4 heteroatoms. The van der Waals surface area contributed by atoms with E-state index in [2.05, 4.69) is 56.8 Å².